The topological polar surface area (TPSA) is 18.5 Å². The maximum atomic E-state index is 5.10. The van der Waals surface area contributed by atoms with Crippen molar-refractivity contribution in [2.75, 3.05) is 14.2 Å². The summed E-state index contributed by atoms with van der Waals surface area (Å²) in [6.07, 6.45) is 5.53. The Morgan fingerprint density at radius 3 is 2.21 bits per heavy atom. The lowest BCUT2D eigenvalue weighted by molar-refractivity contribution is -0.0671. The molecule has 0 heterocycles. The van der Waals surface area contributed by atoms with Gasteiger partial charge in [0, 0.05) is 14.2 Å². The first-order valence-corrected chi connectivity index (χ1v) is 5.33. The molecule has 0 amide bonds. The summed E-state index contributed by atoms with van der Waals surface area (Å²) in [6.45, 7) is 6.64. The van der Waals surface area contributed by atoms with Gasteiger partial charge in [-0.25, -0.2) is 0 Å². The van der Waals surface area contributed by atoms with E-state index in [1.807, 2.05) is 6.08 Å². The summed E-state index contributed by atoms with van der Waals surface area (Å²) in [7, 11) is 3.32. The Bertz CT molecular complexity index is 158. The fourth-order valence-corrected chi connectivity index (χ4v) is 1.34. The molecule has 0 fully saturated rings. The molecule has 0 aromatic heterocycles. The number of ether oxygens (including phenoxy) is 2. The summed E-state index contributed by atoms with van der Waals surface area (Å²) in [4.78, 5) is 0. The van der Waals surface area contributed by atoms with Crippen LogP contribution in [0.1, 0.15) is 40.0 Å². The second kappa shape index (κ2) is 8.01. The largest absolute Gasteiger partial charge is 0.352 e. The van der Waals surface area contributed by atoms with Gasteiger partial charge in [-0.1, -0.05) is 25.8 Å². The maximum Gasteiger partial charge on any atom is 0.176 e. The summed E-state index contributed by atoms with van der Waals surface area (Å²) in [5.41, 5.74) is 1.35. The van der Waals surface area contributed by atoms with Gasteiger partial charge in [0.2, 0.25) is 0 Å². The molecule has 0 aliphatic carbocycles. The molecule has 84 valence electrons. The quantitative estimate of drug-likeness (QED) is 0.463. The highest BCUT2D eigenvalue weighted by Gasteiger charge is 2.01. The maximum absolute atomic E-state index is 5.10. The molecule has 0 aliphatic rings. The molecular formula is C12H24O2. The standard InChI is InChI=1S/C12H24O2/c1-10(2)7-6-8-11(3)9-12(13-4)14-5/h9-10,12H,6-8H2,1-5H3/b11-9+. The lowest BCUT2D eigenvalue weighted by atomic mass is 10.0. The van der Waals surface area contributed by atoms with Crippen LogP contribution in [0.4, 0.5) is 0 Å². The van der Waals surface area contributed by atoms with Crippen LogP contribution in [0.3, 0.4) is 0 Å². The van der Waals surface area contributed by atoms with Gasteiger partial charge in [0.1, 0.15) is 0 Å². The molecule has 0 rings (SSSR count). The van der Waals surface area contributed by atoms with Gasteiger partial charge < -0.3 is 9.47 Å². The molecule has 0 spiro atoms. The third-order valence-corrected chi connectivity index (χ3v) is 2.24. The van der Waals surface area contributed by atoms with Crippen LogP contribution in [-0.2, 0) is 9.47 Å². The van der Waals surface area contributed by atoms with Crippen LogP contribution in [-0.4, -0.2) is 20.5 Å². The minimum absolute atomic E-state index is 0.186. The number of hydrogen-bond donors (Lipinski definition) is 0. The van der Waals surface area contributed by atoms with Gasteiger partial charge in [0.05, 0.1) is 0 Å². The van der Waals surface area contributed by atoms with Gasteiger partial charge in [-0.05, 0) is 31.8 Å². The van der Waals surface area contributed by atoms with E-state index in [-0.39, 0.29) is 6.29 Å². The zero-order chi connectivity index (χ0) is 11.0. The van der Waals surface area contributed by atoms with Crippen LogP contribution in [0.5, 0.6) is 0 Å². The van der Waals surface area contributed by atoms with E-state index in [1.54, 1.807) is 14.2 Å². The van der Waals surface area contributed by atoms with E-state index in [9.17, 15) is 0 Å². The second-order valence-corrected chi connectivity index (χ2v) is 4.14. The summed E-state index contributed by atoms with van der Waals surface area (Å²) in [5, 5.41) is 0. The van der Waals surface area contributed by atoms with Crippen LogP contribution in [0, 0.1) is 5.92 Å². The molecule has 2 heteroatoms. The van der Waals surface area contributed by atoms with E-state index in [1.165, 1.54) is 18.4 Å². The highest BCUT2D eigenvalue weighted by molar-refractivity contribution is 4.99. The van der Waals surface area contributed by atoms with Crippen LogP contribution in [0.15, 0.2) is 11.6 Å². The molecule has 0 radical (unpaired) electrons. The Labute approximate surface area is 88.3 Å². The SMILES string of the molecule is COC(/C=C(\C)CCCC(C)C)OC. The van der Waals surface area contributed by atoms with Crippen molar-refractivity contribution in [2.24, 2.45) is 5.92 Å². The Hall–Kier alpha value is -0.340. The highest BCUT2D eigenvalue weighted by atomic mass is 16.7. The first-order chi connectivity index (χ1) is 6.60. The molecule has 0 aliphatic heterocycles. The lowest BCUT2D eigenvalue weighted by Crippen LogP contribution is -2.09. The average Bonchev–Trinajstić information content (AvgIpc) is 2.13. The van der Waals surface area contributed by atoms with Gasteiger partial charge in [0.15, 0.2) is 6.29 Å². The highest BCUT2D eigenvalue weighted by Crippen LogP contribution is 2.12. The zero-order valence-corrected chi connectivity index (χ0v) is 10.2. The van der Waals surface area contributed by atoms with Crippen molar-refractivity contribution in [3.63, 3.8) is 0 Å². The smallest absolute Gasteiger partial charge is 0.176 e. The molecule has 0 atom stereocenters. The summed E-state index contributed by atoms with van der Waals surface area (Å²) < 4.78 is 10.2. The van der Waals surface area contributed by atoms with E-state index in [2.05, 4.69) is 20.8 Å². The van der Waals surface area contributed by atoms with Crippen LogP contribution < -0.4 is 0 Å². The fourth-order valence-electron chi connectivity index (χ4n) is 1.34. The monoisotopic (exact) mass is 200 g/mol. The van der Waals surface area contributed by atoms with Crippen molar-refractivity contribution in [1.82, 2.24) is 0 Å². The first-order valence-electron chi connectivity index (χ1n) is 5.33. The van der Waals surface area contributed by atoms with E-state index in [4.69, 9.17) is 9.47 Å². The van der Waals surface area contributed by atoms with Crippen molar-refractivity contribution < 1.29 is 9.47 Å². The third-order valence-electron chi connectivity index (χ3n) is 2.24. The number of hydrogen-bond acceptors (Lipinski definition) is 2. The minimum Gasteiger partial charge on any atom is -0.352 e. The van der Waals surface area contributed by atoms with Crippen molar-refractivity contribution in [2.45, 2.75) is 46.3 Å². The van der Waals surface area contributed by atoms with E-state index in [0.29, 0.717) is 0 Å². The summed E-state index contributed by atoms with van der Waals surface area (Å²) in [5.74, 6) is 0.795. The Morgan fingerprint density at radius 2 is 1.79 bits per heavy atom. The minimum atomic E-state index is -0.186. The summed E-state index contributed by atoms with van der Waals surface area (Å²) in [6, 6.07) is 0. The van der Waals surface area contributed by atoms with Crippen molar-refractivity contribution >= 4 is 0 Å². The van der Waals surface area contributed by atoms with E-state index < -0.39 is 0 Å². The van der Waals surface area contributed by atoms with Gasteiger partial charge in [-0.2, -0.15) is 0 Å². The Balaban J connectivity index is 3.75. The molecule has 2 nitrogen and oxygen atoms in total. The molecule has 0 bridgehead atoms. The molecule has 0 aromatic carbocycles. The van der Waals surface area contributed by atoms with Gasteiger partial charge >= 0.3 is 0 Å². The molecule has 0 saturated heterocycles. The van der Waals surface area contributed by atoms with Crippen molar-refractivity contribution in [3.05, 3.63) is 11.6 Å². The summed E-state index contributed by atoms with van der Waals surface area (Å²) >= 11 is 0. The number of methoxy groups -OCH3 is 2. The Kier molecular flexibility index (Phi) is 7.81. The van der Waals surface area contributed by atoms with Crippen LogP contribution in [0.25, 0.3) is 0 Å². The van der Waals surface area contributed by atoms with Gasteiger partial charge in [0.25, 0.3) is 0 Å². The van der Waals surface area contributed by atoms with Gasteiger partial charge in [-0.15, -0.1) is 0 Å². The predicted octanol–water partition coefficient (Wildman–Crippen LogP) is 3.38. The van der Waals surface area contributed by atoms with Gasteiger partial charge in [-0.3, -0.25) is 0 Å². The third kappa shape index (κ3) is 7.10. The Morgan fingerprint density at radius 1 is 1.21 bits per heavy atom. The molecule has 0 saturated carbocycles. The molecule has 0 aromatic rings. The van der Waals surface area contributed by atoms with E-state index in [0.717, 1.165) is 12.3 Å². The van der Waals surface area contributed by atoms with Crippen molar-refractivity contribution in [3.8, 4) is 0 Å². The van der Waals surface area contributed by atoms with Crippen molar-refractivity contribution in [1.29, 1.82) is 0 Å². The molecule has 0 N–H and O–H groups in total. The molecule has 14 heavy (non-hydrogen) atoms. The van der Waals surface area contributed by atoms with Crippen LogP contribution in [0.2, 0.25) is 0 Å². The van der Waals surface area contributed by atoms with E-state index >= 15 is 0 Å². The molecular weight excluding hydrogens is 176 g/mol. The lowest BCUT2D eigenvalue weighted by Gasteiger charge is -2.10. The number of rotatable bonds is 7. The normalized spacial score (nSPS) is 12.9. The average molecular weight is 200 g/mol. The fraction of sp³-hybridized carbons (Fsp3) is 0.833. The number of allylic oxidation sites excluding steroid dienone is 1. The van der Waals surface area contributed by atoms with Crippen LogP contribution >= 0.6 is 0 Å². The second-order valence-electron chi connectivity index (χ2n) is 4.14. The predicted molar refractivity (Wildman–Crippen MR) is 60.3 cm³/mol. The zero-order valence-electron chi connectivity index (χ0n) is 10.2. The molecule has 0 unspecified atom stereocenters. The first kappa shape index (κ1) is 13.7.